The largest absolute Gasteiger partial charge is 0.497 e. The van der Waals surface area contributed by atoms with Gasteiger partial charge in [-0.05, 0) is 75.6 Å². The van der Waals surface area contributed by atoms with E-state index in [4.69, 9.17) is 37.5 Å². The predicted molar refractivity (Wildman–Crippen MR) is 220 cm³/mol. The van der Waals surface area contributed by atoms with Crippen LogP contribution in [0, 0.1) is 18.3 Å². The van der Waals surface area contributed by atoms with E-state index in [-0.39, 0.29) is 37.3 Å². The third kappa shape index (κ3) is 10.5. The van der Waals surface area contributed by atoms with Gasteiger partial charge in [0.15, 0.2) is 6.23 Å². The molecule has 5 atom stereocenters. The molecule has 1 unspecified atom stereocenters. The number of rotatable bonds is 20. The normalized spacial score (nSPS) is 18.5. The molecule has 16 heteroatoms. The Balaban J connectivity index is 1.70. The number of benzene rings is 3. The van der Waals surface area contributed by atoms with Crippen molar-refractivity contribution < 1.29 is 42.3 Å². The van der Waals surface area contributed by atoms with Crippen LogP contribution >= 0.6 is 8.53 Å². The van der Waals surface area contributed by atoms with Crippen LogP contribution in [-0.4, -0.2) is 91.7 Å². The van der Waals surface area contributed by atoms with Crippen LogP contribution in [-0.2, 0) is 38.4 Å². The summed E-state index contributed by atoms with van der Waals surface area (Å²) in [4.78, 5) is 41.0. The lowest BCUT2D eigenvalue weighted by Crippen LogP contribution is -2.44. The van der Waals surface area contributed by atoms with Crippen molar-refractivity contribution in [1.82, 2.24) is 14.2 Å². The second-order valence-corrected chi connectivity index (χ2v) is 15.7. The molecule has 0 aliphatic carbocycles. The highest BCUT2D eigenvalue weighted by Crippen LogP contribution is 2.51. The van der Waals surface area contributed by atoms with Gasteiger partial charge in [-0.2, -0.15) is 5.26 Å². The number of methoxy groups -OCH3 is 3. The summed E-state index contributed by atoms with van der Waals surface area (Å²) in [5.41, 5.74) is -0.0229. The minimum Gasteiger partial charge on any atom is -0.497 e. The SMILES string of the molecule is COC(=O)CO[C@@H]1[C@H](OP(OCCC#N)N(C(C)C)C(C)C)[C@@H](COC(c2ccccc2)(c2ccc(OC)cc2)c2ccc(OC)cc2)O[C@H]1n1cc(C)c(=O)[nH]c1=O. The average molecular weight is 833 g/mol. The van der Waals surface area contributed by atoms with Gasteiger partial charge in [0.1, 0.15) is 42.0 Å². The summed E-state index contributed by atoms with van der Waals surface area (Å²) in [7, 11) is 2.51. The first-order valence-corrected chi connectivity index (χ1v) is 20.4. The van der Waals surface area contributed by atoms with Crippen molar-refractivity contribution >= 4 is 14.5 Å². The lowest BCUT2D eigenvalue weighted by Gasteiger charge is -2.39. The Hall–Kier alpha value is -4.91. The van der Waals surface area contributed by atoms with E-state index in [1.807, 2.05) is 107 Å². The zero-order valence-corrected chi connectivity index (χ0v) is 35.5. The molecule has 1 saturated heterocycles. The van der Waals surface area contributed by atoms with Crippen LogP contribution in [0.15, 0.2) is 94.6 Å². The monoisotopic (exact) mass is 832 g/mol. The Morgan fingerprint density at radius 3 is 2.00 bits per heavy atom. The second-order valence-electron chi connectivity index (χ2n) is 14.3. The highest BCUT2D eigenvalue weighted by atomic mass is 31.2. The number of carbonyl (C=O) groups is 1. The van der Waals surface area contributed by atoms with E-state index in [1.54, 1.807) is 21.1 Å². The van der Waals surface area contributed by atoms with Gasteiger partial charge < -0.3 is 37.5 Å². The van der Waals surface area contributed by atoms with E-state index in [0.717, 1.165) is 16.7 Å². The van der Waals surface area contributed by atoms with Crippen LogP contribution in [0.5, 0.6) is 11.5 Å². The molecule has 0 amide bonds. The van der Waals surface area contributed by atoms with Gasteiger partial charge >= 0.3 is 11.7 Å². The molecule has 15 nitrogen and oxygen atoms in total. The fourth-order valence-electron chi connectivity index (χ4n) is 7.05. The molecule has 1 aliphatic heterocycles. The Kier molecular flexibility index (Phi) is 16.0. The molecule has 2 heterocycles. The maximum Gasteiger partial charge on any atom is 0.331 e. The summed E-state index contributed by atoms with van der Waals surface area (Å²) in [6.07, 6.45) is -2.93. The molecule has 1 fully saturated rings. The summed E-state index contributed by atoms with van der Waals surface area (Å²) in [5, 5.41) is 9.42. The number of nitrogens with one attached hydrogen (secondary N) is 1. The van der Waals surface area contributed by atoms with E-state index < -0.39 is 62.5 Å². The number of ether oxygens (including phenoxy) is 6. The third-order valence-electron chi connectivity index (χ3n) is 9.84. The van der Waals surface area contributed by atoms with Crippen molar-refractivity contribution in [3.63, 3.8) is 0 Å². The first-order valence-electron chi connectivity index (χ1n) is 19.3. The van der Waals surface area contributed by atoms with Gasteiger partial charge in [-0.15, -0.1) is 0 Å². The molecule has 59 heavy (non-hydrogen) atoms. The first-order chi connectivity index (χ1) is 28.4. The topological polar surface area (TPSA) is 173 Å². The highest BCUT2D eigenvalue weighted by Gasteiger charge is 2.52. The average Bonchev–Trinajstić information content (AvgIpc) is 3.57. The molecule has 0 saturated carbocycles. The molecule has 1 aromatic heterocycles. The maximum absolute atomic E-state index is 13.5. The Labute approximate surface area is 345 Å². The van der Waals surface area contributed by atoms with E-state index in [0.29, 0.717) is 11.5 Å². The summed E-state index contributed by atoms with van der Waals surface area (Å²) >= 11 is 0. The van der Waals surface area contributed by atoms with Crippen molar-refractivity contribution in [2.24, 2.45) is 0 Å². The second kappa shape index (κ2) is 20.9. The van der Waals surface area contributed by atoms with Crippen molar-refractivity contribution in [3.8, 4) is 17.6 Å². The van der Waals surface area contributed by atoms with E-state index in [2.05, 4.69) is 15.7 Å². The maximum atomic E-state index is 13.5. The molecular weight excluding hydrogens is 779 g/mol. The zero-order chi connectivity index (χ0) is 42.7. The summed E-state index contributed by atoms with van der Waals surface area (Å²) < 4.78 is 52.9. The molecule has 0 bridgehead atoms. The third-order valence-corrected chi connectivity index (χ3v) is 12.0. The number of hydrogen-bond donors (Lipinski definition) is 1. The van der Waals surface area contributed by atoms with Crippen LogP contribution in [0.25, 0.3) is 0 Å². The molecule has 316 valence electrons. The quantitative estimate of drug-likeness (QED) is 0.0477. The first kappa shape index (κ1) is 45.2. The fourth-order valence-corrected chi connectivity index (χ4v) is 8.82. The van der Waals surface area contributed by atoms with Crippen molar-refractivity contribution in [2.45, 2.75) is 83.3 Å². The lowest BCUT2D eigenvalue weighted by molar-refractivity contribution is -0.152. The van der Waals surface area contributed by atoms with Crippen LogP contribution in [0.1, 0.15) is 62.6 Å². The Morgan fingerprint density at radius 1 is 0.898 bits per heavy atom. The number of H-pyrrole nitrogens is 1. The number of hydrogen-bond acceptors (Lipinski definition) is 13. The number of esters is 1. The number of aryl methyl sites for hydroxylation is 1. The summed E-state index contributed by atoms with van der Waals surface area (Å²) in [6, 6.07) is 26.8. The minimum absolute atomic E-state index is 0.0641. The van der Waals surface area contributed by atoms with Gasteiger partial charge in [0, 0.05) is 23.8 Å². The van der Waals surface area contributed by atoms with Gasteiger partial charge in [-0.25, -0.2) is 14.3 Å². The number of aromatic amines is 1. The molecule has 5 rings (SSSR count). The van der Waals surface area contributed by atoms with E-state index >= 15 is 0 Å². The van der Waals surface area contributed by atoms with E-state index in [9.17, 15) is 19.6 Å². The molecule has 0 radical (unpaired) electrons. The van der Waals surface area contributed by atoms with Gasteiger partial charge in [0.2, 0.25) is 0 Å². The minimum atomic E-state index is -1.92. The number of carbonyl (C=O) groups excluding carboxylic acids is 1. The van der Waals surface area contributed by atoms with Crippen molar-refractivity contribution in [1.29, 1.82) is 5.26 Å². The molecule has 0 spiro atoms. The smallest absolute Gasteiger partial charge is 0.331 e. The van der Waals surface area contributed by atoms with Gasteiger partial charge in [-0.1, -0.05) is 54.6 Å². The van der Waals surface area contributed by atoms with Crippen LogP contribution in [0.3, 0.4) is 0 Å². The van der Waals surface area contributed by atoms with E-state index in [1.165, 1.54) is 17.9 Å². The van der Waals surface area contributed by atoms with Gasteiger partial charge in [0.05, 0.1) is 47.0 Å². The zero-order valence-electron chi connectivity index (χ0n) is 34.7. The molecular formula is C43H53N4O11P. The Morgan fingerprint density at radius 2 is 1.47 bits per heavy atom. The highest BCUT2D eigenvalue weighted by molar-refractivity contribution is 7.44. The number of aromatic nitrogens is 2. The fraction of sp³-hybridized carbons (Fsp3) is 0.442. The van der Waals surface area contributed by atoms with Crippen LogP contribution in [0.2, 0.25) is 0 Å². The van der Waals surface area contributed by atoms with Gasteiger partial charge in [0.25, 0.3) is 14.1 Å². The van der Waals surface area contributed by atoms with Crippen molar-refractivity contribution in [3.05, 3.63) is 128 Å². The number of nitriles is 1. The van der Waals surface area contributed by atoms with Gasteiger partial charge in [-0.3, -0.25) is 14.3 Å². The molecule has 3 aromatic carbocycles. The van der Waals surface area contributed by atoms with Crippen LogP contribution < -0.4 is 20.7 Å². The predicted octanol–water partition coefficient (Wildman–Crippen LogP) is 5.99. The standard InChI is InChI=1S/C43H53N4O11P/c1-28(2)47(29(3)4)59(56-24-12-23-44)58-38-36(57-41(39(38)54-27-37(48)53-8)46-25-30(5)40(49)45-42(46)50)26-55-43(31-13-10-9-11-14-31,32-15-19-34(51-6)20-16-32)33-17-21-35(52-7)22-18-33/h9-11,13-22,25,28-29,36,38-39,41H,12,24,26-27H2,1-8H3,(H,45,49,50)/t36-,38-,39-,41-,59?/m1/s1. The molecule has 1 N–H and O–H groups in total. The van der Waals surface area contributed by atoms with Crippen LogP contribution in [0.4, 0.5) is 0 Å². The molecule has 1 aliphatic rings. The summed E-state index contributed by atoms with van der Waals surface area (Å²) in [5.74, 6) is 0.628. The Bertz CT molecular complexity index is 2070. The summed E-state index contributed by atoms with van der Waals surface area (Å²) in [6.45, 7) is 9.00. The van der Waals surface area contributed by atoms with Crippen molar-refractivity contribution in [2.75, 3.05) is 41.2 Å². The molecule has 4 aromatic rings. The lowest BCUT2D eigenvalue weighted by atomic mass is 9.80. The number of nitrogens with zero attached hydrogens (tertiary/aromatic N) is 3.